The van der Waals surface area contributed by atoms with Crippen molar-refractivity contribution >= 4 is 0 Å². The predicted octanol–water partition coefficient (Wildman–Crippen LogP) is 1.98. The van der Waals surface area contributed by atoms with Crippen LogP contribution < -0.4 is 5.32 Å². The van der Waals surface area contributed by atoms with Crippen molar-refractivity contribution in [2.45, 2.75) is 19.3 Å². The van der Waals surface area contributed by atoms with E-state index in [9.17, 15) is 8.78 Å². The van der Waals surface area contributed by atoms with Gasteiger partial charge in [0.1, 0.15) is 5.76 Å². The molecular weight excluding hydrogens is 226 g/mol. The average molecular weight is 244 g/mol. The molecule has 1 saturated heterocycles. The summed E-state index contributed by atoms with van der Waals surface area (Å²) in [7, 11) is 0. The van der Waals surface area contributed by atoms with Gasteiger partial charge < -0.3 is 14.6 Å². The number of aryl methyl sites for hydroxylation is 1. The van der Waals surface area contributed by atoms with Gasteiger partial charge in [-0.3, -0.25) is 0 Å². The second-order valence-electron chi connectivity index (χ2n) is 4.46. The van der Waals surface area contributed by atoms with Crippen LogP contribution in [0.25, 0.3) is 0 Å². The molecule has 0 atom stereocenters. The Labute approximate surface area is 99.8 Å². The van der Waals surface area contributed by atoms with Gasteiger partial charge in [-0.1, -0.05) is 0 Å². The number of furan rings is 1. The van der Waals surface area contributed by atoms with Crippen LogP contribution in [0.1, 0.15) is 17.9 Å². The highest BCUT2D eigenvalue weighted by Gasteiger charge is 2.35. The summed E-state index contributed by atoms with van der Waals surface area (Å²) in [5.74, 6) is -2.55. The maximum Gasteiger partial charge on any atom is 0.305 e. The Morgan fingerprint density at radius 1 is 1.35 bits per heavy atom. The lowest BCUT2D eigenvalue weighted by Crippen LogP contribution is -2.44. The summed E-state index contributed by atoms with van der Waals surface area (Å²) < 4.78 is 32.6. The van der Waals surface area contributed by atoms with Gasteiger partial charge in [0, 0.05) is 39.1 Å². The third-order valence-corrected chi connectivity index (χ3v) is 3.05. The molecule has 0 radical (unpaired) electrons. The Balaban J connectivity index is 1.88. The molecule has 3 nitrogen and oxygen atoms in total. The van der Waals surface area contributed by atoms with E-state index in [0.29, 0.717) is 12.3 Å². The molecule has 1 N–H and O–H groups in total. The molecule has 0 amide bonds. The molecule has 1 aromatic heterocycles. The van der Waals surface area contributed by atoms with E-state index >= 15 is 0 Å². The largest absolute Gasteiger partial charge is 0.460 e. The highest BCUT2D eigenvalue weighted by molar-refractivity contribution is 5.10. The van der Waals surface area contributed by atoms with E-state index in [1.54, 1.807) is 13.0 Å². The first-order valence-electron chi connectivity index (χ1n) is 5.96. The molecule has 0 saturated carbocycles. The minimum Gasteiger partial charge on any atom is -0.460 e. The van der Waals surface area contributed by atoms with Gasteiger partial charge in [0.15, 0.2) is 5.76 Å². The molecular formula is C12H18F2N2O. The first-order chi connectivity index (χ1) is 8.08. The fourth-order valence-electron chi connectivity index (χ4n) is 1.99. The number of hydrogen-bond acceptors (Lipinski definition) is 3. The van der Waals surface area contributed by atoms with E-state index in [4.69, 9.17) is 4.42 Å². The van der Waals surface area contributed by atoms with Crippen molar-refractivity contribution in [3.63, 3.8) is 0 Å². The zero-order chi connectivity index (χ0) is 12.3. The fourth-order valence-corrected chi connectivity index (χ4v) is 1.99. The molecule has 0 aromatic carbocycles. The minimum atomic E-state index is -2.86. The lowest BCUT2D eigenvalue weighted by atomic mass is 10.1. The third kappa shape index (κ3) is 3.26. The number of hydrogen-bond donors (Lipinski definition) is 1. The molecule has 96 valence electrons. The second kappa shape index (κ2) is 5.14. The van der Waals surface area contributed by atoms with Crippen molar-refractivity contribution in [3.05, 3.63) is 23.7 Å². The van der Waals surface area contributed by atoms with Crippen LogP contribution in [0.5, 0.6) is 0 Å². The summed E-state index contributed by atoms with van der Waals surface area (Å²) in [6.45, 7) is 5.53. The highest BCUT2D eigenvalue weighted by atomic mass is 19.3. The normalized spacial score (nSPS) is 18.5. The number of halogens is 2. The van der Waals surface area contributed by atoms with Crippen molar-refractivity contribution in [1.29, 1.82) is 0 Å². The molecule has 2 heterocycles. The average Bonchev–Trinajstić information content (AvgIpc) is 2.76. The maximum atomic E-state index is 13.8. The summed E-state index contributed by atoms with van der Waals surface area (Å²) in [5, 5.41) is 3.20. The molecule has 2 rings (SSSR count). The monoisotopic (exact) mass is 244 g/mol. The standard InChI is InChI=1S/C12H18F2N2O/c1-10-2-3-11(17-10)12(13,14)4-7-16-8-5-15-6-9-16/h2-3,15H,4-9H2,1H3. The predicted molar refractivity (Wildman–Crippen MR) is 61.3 cm³/mol. The van der Waals surface area contributed by atoms with E-state index in [2.05, 4.69) is 10.2 Å². The quantitative estimate of drug-likeness (QED) is 0.877. The number of alkyl halides is 2. The topological polar surface area (TPSA) is 28.4 Å². The molecule has 1 fully saturated rings. The Kier molecular flexibility index (Phi) is 3.79. The van der Waals surface area contributed by atoms with E-state index in [1.165, 1.54) is 6.07 Å². The fraction of sp³-hybridized carbons (Fsp3) is 0.667. The van der Waals surface area contributed by atoms with E-state index < -0.39 is 5.92 Å². The molecule has 0 aliphatic carbocycles. The van der Waals surface area contributed by atoms with Crippen LogP contribution in [0.3, 0.4) is 0 Å². The summed E-state index contributed by atoms with van der Waals surface area (Å²) in [6.07, 6.45) is -0.181. The summed E-state index contributed by atoms with van der Waals surface area (Å²) in [4.78, 5) is 2.06. The van der Waals surface area contributed by atoms with Crippen molar-refractivity contribution in [2.75, 3.05) is 32.7 Å². The summed E-state index contributed by atoms with van der Waals surface area (Å²) in [5.41, 5.74) is 0. The Hall–Kier alpha value is -0.940. The lowest BCUT2D eigenvalue weighted by Gasteiger charge is -2.28. The van der Waals surface area contributed by atoms with Gasteiger partial charge in [-0.15, -0.1) is 0 Å². The van der Waals surface area contributed by atoms with Crippen molar-refractivity contribution in [1.82, 2.24) is 10.2 Å². The summed E-state index contributed by atoms with van der Waals surface area (Å²) >= 11 is 0. The van der Waals surface area contributed by atoms with Crippen LogP contribution in [0.4, 0.5) is 8.78 Å². The molecule has 0 bridgehead atoms. The molecule has 0 unspecified atom stereocenters. The SMILES string of the molecule is Cc1ccc(C(F)(F)CCN2CCNCC2)o1. The molecule has 1 aliphatic rings. The van der Waals surface area contributed by atoms with Gasteiger partial charge in [-0.2, -0.15) is 8.78 Å². The second-order valence-corrected chi connectivity index (χ2v) is 4.46. The van der Waals surface area contributed by atoms with E-state index in [0.717, 1.165) is 26.2 Å². The van der Waals surface area contributed by atoms with Crippen molar-refractivity contribution < 1.29 is 13.2 Å². The van der Waals surface area contributed by atoms with E-state index in [-0.39, 0.29) is 12.2 Å². The Bertz CT molecular complexity index is 359. The Morgan fingerprint density at radius 3 is 2.65 bits per heavy atom. The third-order valence-electron chi connectivity index (χ3n) is 3.05. The van der Waals surface area contributed by atoms with Gasteiger partial charge in [-0.05, 0) is 19.1 Å². The number of piperazine rings is 1. The van der Waals surface area contributed by atoms with Crippen LogP contribution in [0, 0.1) is 6.92 Å². The van der Waals surface area contributed by atoms with Gasteiger partial charge in [0.05, 0.1) is 0 Å². The summed E-state index contributed by atoms with van der Waals surface area (Å²) in [6, 6.07) is 2.95. The molecule has 17 heavy (non-hydrogen) atoms. The molecule has 5 heteroatoms. The highest BCUT2D eigenvalue weighted by Crippen LogP contribution is 2.32. The van der Waals surface area contributed by atoms with Crippen LogP contribution in [-0.4, -0.2) is 37.6 Å². The van der Waals surface area contributed by atoms with Crippen LogP contribution in [-0.2, 0) is 5.92 Å². The van der Waals surface area contributed by atoms with Gasteiger partial charge >= 0.3 is 5.92 Å². The van der Waals surface area contributed by atoms with Crippen molar-refractivity contribution in [2.24, 2.45) is 0 Å². The number of nitrogens with zero attached hydrogens (tertiary/aromatic N) is 1. The van der Waals surface area contributed by atoms with Gasteiger partial charge in [-0.25, -0.2) is 0 Å². The van der Waals surface area contributed by atoms with Gasteiger partial charge in [0.2, 0.25) is 0 Å². The smallest absolute Gasteiger partial charge is 0.305 e. The first kappa shape index (κ1) is 12.5. The zero-order valence-corrected chi connectivity index (χ0v) is 10.0. The number of nitrogens with one attached hydrogen (secondary N) is 1. The van der Waals surface area contributed by atoms with Gasteiger partial charge in [0.25, 0.3) is 0 Å². The molecule has 1 aromatic rings. The molecule has 0 spiro atoms. The maximum absolute atomic E-state index is 13.8. The number of rotatable bonds is 4. The Morgan fingerprint density at radius 2 is 2.06 bits per heavy atom. The van der Waals surface area contributed by atoms with Crippen LogP contribution in [0.15, 0.2) is 16.5 Å². The van der Waals surface area contributed by atoms with E-state index in [1.807, 2.05) is 0 Å². The lowest BCUT2D eigenvalue weighted by molar-refractivity contribution is -0.0425. The minimum absolute atomic E-state index is 0.181. The van der Waals surface area contributed by atoms with Crippen LogP contribution in [0.2, 0.25) is 0 Å². The van der Waals surface area contributed by atoms with Crippen LogP contribution >= 0.6 is 0 Å². The molecule has 1 aliphatic heterocycles. The first-order valence-corrected chi connectivity index (χ1v) is 5.96. The zero-order valence-electron chi connectivity index (χ0n) is 10.0. The van der Waals surface area contributed by atoms with Crippen molar-refractivity contribution in [3.8, 4) is 0 Å².